The number of thioether (sulfide) groups is 1. The lowest BCUT2D eigenvalue weighted by Gasteiger charge is -2.10. The first-order valence-electron chi connectivity index (χ1n) is 8.77. The minimum absolute atomic E-state index is 0.273. The average Bonchev–Trinajstić information content (AvgIpc) is 3.18. The molecule has 0 radical (unpaired) electrons. The van der Waals surface area contributed by atoms with Crippen LogP contribution in [0.25, 0.3) is 17.1 Å². The van der Waals surface area contributed by atoms with Gasteiger partial charge in [0.1, 0.15) is 11.6 Å². The Morgan fingerprint density at radius 1 is 0.893 bits per heavy atom. The third-order valence-corrected chi connectivity index (χ3v) is 5.28. The summed E-state index contributed by atoms with van der Waals surface area (Å²) in [5.74, 6) is 2.02. The molecule has 0 spiro atoms. The molecule has 140 valence electrons. The van der Waals surface area contributed by atoms with E-state index in [1.165, 1.54) is 12.1 Å². The third kappa shape index (κ3) is 3.92. The van der Waals surface area contributed by atoms with Gasteiger partial charge in [-0.05, 0) is 42.0 Å². The highest BCUT2D eigenvalue weighted by molar-refractivity contribution is 7.98. The molecule has 28 heavy (non-hydrogen) atoms. The normalized spacial score (nSPS) is 10.8. The zero-order valence-electron chi connectivity index (χ0n) is 15.2. The summed E-state index contributed by atoms with van der Waals surface area (Å²) in [6.45, 7) is 0. The van der Waals surface area contributed by atoms with Gasteiger partial charge >= 0.3 is 0 Å². The van der Waals surface area contributed by atoms with Crippen LogP contribution in [-0.2, 0) is 5.75 Å². The van der Waals surface area contributed by atoms with E-state index in [1.54, 1.807) is 31.0 Å². The molecule has 0 amide bonds. The summed E-state index contributed by atoms with van der Waals surface area (Å²) in [6.07, 6.45) is 0. The van der Waals surface area contributed by atoms with Crippen LogP contribution < -0.4 is 4.74 Å². The van der Waals surface area contributed by atoms with E-state index in [2.05, 4.69) is 10.2 Å². The Bertz CT molecular complexity index is 1050. The largest absolute Gasteiger partial charge is 0.497 e. The molecule has 0 aliphatic rings. The summed E-state index contributed by atoms with van der Waals surface area (Å²) in [7, 11) is 1.65. The van der Waals surface area contributed by atoms with Crippen molar-refractivity contribution >= 4 is 11.8 Å². The van der Waals surface area contributed by atoms with Crippen molar-refractivity contribution in [3.05, 3.63) is 90.2 Å². The quantitative estimate of drug-likeness (QED) is 0.414. The van der Waals surface area contributed by atoms with Crippen molar-refractivity contribution in [2.45, 2.75) is 10.9 Å². The first-order valence-corrected chi connectivity index (χ1v) is 9.75. The molecule has 0 saturated carbocycles. The topological polar surface area (TPSA) is 39.9 Å². The van der Waals surface area contributed by atoms with E-state index < -0.39 is 0 Å². The fraction of sp³-hybridized carbons (Fsp3) is 0.0909. The molecule has 0 unspecified atom stereocenters. The first-order chi connectivity index (χ1) is 13.7. The van der Waals surface area contributed by atoms with Crippen LogP contribution in [0.5, 0.6) is 5.75 Å². The number of nitrogens with zero attached hydrogens (tertiary/aromatic N) is 3. The van der Waals surface area contributed by atoms with Crippen LogP contribution in [0.1, 0.15) is 5.56 Å². The van der Waals surface area contributed by atoms with Crippen molar-refractivity contribution in [2.75, 3.05) is 7.11 Å². The summed E-state index contributed by atoms with van der Waals surface area (Å²) >= 11 is 1.58. The Morgan fingerprint density at radius 2 is 1.61 bits per heavy atom. The fourth-order valence-corrected chi connectivity index (χ4v) is 3.74. The molecule has 0 aliphatic carbocycles. The second-order valence-corrected chi connectivity index (χ2v) is 7.06. The van der Waals surface area contributed by atoms with Gasteiger partial charge in [-0.2, -0.15) is 0 Å². The Morgan fingerprint density at radius 3 is 2.29 bits per heavy atom. The van der Waals surface area contributed by atoms with Gasteiger partial charge in [-0.1, -0.05) is 54.2 Å². The van der Waals surface area contributed by atoms with Crippen LogP contribution in [0.3, 0.4) is 0 Å². The Labute approximate surface area is 167 Å². The maximum Gasteiger partial charge on any atom is 0.196 e. The molecule has 4 aromatic rings. The lowest BCUT2D eigenvalue weighted by molar-refractivity contribution is 0.414. The lowest BCUT2D eigenvalue weighted by atomic mass is 10.2. The van der Waals surface area contributed by atoms with E-state index in [1.807, 2.05) is 59.2 Å². The van der Waals surface area contributed by atoms with E-state index in [9.17, 15) is 4.39 Å². The predicted octanol–water partition coefficient (Wildman–Crippen LogP) is 5.37. The number of methoxy groups -OCH3 is 1. The summed E-state index contributed by atoms with van der Waals surface area (Å²) in [5.41, 5.74) is 2.93. The molecule has 0 atom stereocenters. The monoisotopic (exact) mass is 391 g/mol. The van der Waals surface area contributed by atoms with E-state index in [4.69, 9.17) is 4.74 Å². The van der Waals surface area contributed by atoms with Crippen LogP contribution in [-0.4, -0.2) is 21.9 Å². The van der Waals surface area contributed by atoms with Crippen LogP contribution >= 0.6 is 11.8 Å². The third-order valence-electron chi connectivity index (χ3n) is 4.28. The molecule has 4 rings (SSSR count). The van der Waals surface area contributed by atoms with Crippen molar-refractivity contribution in [1.29, 1.82) is 0 Å². The zero-order valence-corrected chi connectivity index (χ0v) is 16.1. The van der Waals surface area contributed by atoms with Gasteiger partial charge in [0.05, 0.1) is 7.11 Å². The summed E-state index contributed by atoms with van der Waals surface area (Å²) in [6, 6.07) is 24.2. The van der Waals surface area contributed by atoms with Gasteiger partial charge in [0.2, 0.25) is 0 Å². The van der Waals surface area contributed by atoms with Gasteiger partial charge in [-0.3, -0.25) is 4.57 Å². The number of hydrogen-bond acceptors (Lipinski definition) is 4. The number of rotatable bonds is 6. The minimum atomic E-state index is -0.273. The van der Waals surface area contributed by atoms with Crippen molar-refractivity contribution in [2.24, 2.45) is 0 Å². The fourth-order valence-electron chi connectivity index (χ4n) is 2.83. The molecule has 4 nitrogen and oxygen atoms in total. The number of hydrogen-bond donors (Lipinski definition) is 0. The highest BCUT2D eigenvalue weighted by atomic mass is 32.2. The summed E-state index contributed by atoms with van der Waals surface area (Å²) in [4.78, 5) is 0. The van der Waals surface area contributed by atoms with E-state index in [0.29, 0.717) is 0 Å². The molecule has 0 aliphatic heterocycles. The first kappa shape index (κ1) is 18.3. The Kier molecular flexibility index (Phi) is 5.39. The SMILES string of the molecule is COc1ccc(CSc2nnc(-c3ccccc3)n2-c2ccc(F)cc2)cc1. The van der Waals surface area contributed by atoms with Crippen molar-refractivity contribution in [1.82, 2.24) is 14.8 Å². The second kappa shape index (κ2) is 8.27. The van der Waals surface area contributed by atoms with Crippen LogP contribution in [0.2, 0.25) is 0 Å². The van der Waals surface area contributed by atoms with Crippen LogP contribution in [0.4, 0.5) is 4.39 Å². The maximum absolute atomic E-state index is 13.4. The Hall–Kier alpha value is -3.12. The predicted molar refractivity (Wildman–Crippen MR) is 109 cm³/mol. The van der Waals surface area contributed by atoms with Crippen molar-refractivity contribution in [3.8, 4) is 22.8 Å². The molecule has 0 fully saturated rings. The Balaban J connectivity index is 1.68. The molecule has 0 N–H and O–H groups in total. The average molecular weight is 391 g/mol. The minimum Gasteiger partial charge on any atom is -0.497 e. The molecule has 0 bridgehead atoms. The number of ether oxygens (including phenoxy) is 1. The van der Waals surface area contributed by atoms with Gasteiger partial charge in [0.15, 0.2) is 11.0 Å². The van der Waals surface area contributed by atoms with Crippen LogP contribution in [0.15, 0.2) is 84.0 Å². The van der Waals surface area contributed by atoms with E-state index in [-0.39, 0.29) is 5.82 Å². The number of aromatic nitrogens is 3. The van der Waals surface area contributed by atoms with Crippen LogP contribution in [0, 0.1) is 5.82 Å². The van der Waals surface area contributed by atoms with E-state index in [0.717, 1.165) is 39.3 Å². The molecule has 1 heterocycles. The molecule has 3 aromatic carbocycles. The number of benzene rings is 3. The van der Waals surface area contributed by atoms with Gasteiger partial charge in [-0.25, -0.2) is 4.39 Å². The second-order valence-electron chi connectivity index (χ2n) is 6.12. The highest BCUT2D eigenvalue weighted by Gasteiger charge is 2.16. The maximum atomic E-state index is 13.4. The molecular formula is C22H18FN3OS. The van der Waals surface area contributed by atoms with Crippen molar-refractivity contribution < 1.29 is 9.13 Å². The van der Waals surface area contributed by atoms with Crippen molar-refractivity contribution in [3.63, 3.8) is 0 Å². The highest BCUT2D eigenvalue weighted by Crippen LogP contribution is 2.30. The lowest BCUT2D eigenvalue weighted by Crippen LogP contribution is -2.00. The standard InChI is InChI=1S/C22H18FN3OS/c1-27-20-13-7-16(8-14-20)15-28-22-25-24-21(17-5-3-2-4-6-17)26(22)19-11-9-18(23)10-12-19/h2-14H,15H2,1H3. The van der Waals surface area contributed by atoms with E-state index >= 15 is 0 Å². The van der Waals surface area contributed by atoms with Gasteiger partial charge in [-0.15, -0.1) is 10.2 Å². The smallest absolute Gasteiger partial charge is 0.196 e. The summed E-state index contributed by atoms with van der Waals surface area (Å²) in [5, 5.41) is 9.55. The molecular weight excluding hydrogens is 373 g/mol. The molecule has 6 heteroatoms. The zero-order chi connectivity index (χ0) is 19.3. The molecule has 1 aromatic heterocycles. The van der Waals surface area contributed by atoms with Gasteiger partial charge in [0.25, 0.3) is 0 Å². The molecule has 0 saturated heterocycles. The number of halogens is 1. The summed E-state index contributed by atoms with van der Waals surface area (Å²) < 4.78 is 20.6. The van der Waals surface area contributed by atoms with Gasteiger partial charge < -0.3 is 4.74 Å². The van der Waals surface area contributed by atoms with Gasteiger partial charge in [0, 0.05) is 17.0 Å².